The van der Waals surface area contributed by atoms with Gasteiger partial charge >= 0.3 is 0 Å². The fraction of sp³-hybridized carbons (Fsp3) is 0.250. The summed E-state index contributed by atoms with van der Waals surface area (Å²) in [6.07, 6.45) is 1.80. The van der Waals surface area contributed by atoms with E-state index in [1.807, 2.05) is 62.4 Å². The third kappa shape index (κ3) is 2.68. The zero-order valence-corrected chi connectivity index (χ0v) is 13.7. The van der Waals surface area contributed by atoms with Gasteiger partial charge in [0.1, 0.15) is 5.75 Å². The second-order valence-corrected chi connectivity index (χ2v) is 5.99. The van der Waals surface area contributed by atoms with Crippen molar-refractivity contribution in [3.63, 3.8) is 0 Å². The number of hydrogen-bond acceptors (Lipinski definition) is 3. The van der Waals surface area contributed by atoms with E-state index in [0.29, 0.717) is 5.75 Å². The summed E-state index contributed by atoms with van der Waals surface area (Å²) in [5.74, 6) is 0.495. The van der Waals surface area contributed by atoms with Gasteiger partial charge in [0.25, 0.3) is 0 Å². The molecule has 3 heteroatoms. The molecule has 23 heavy (non-hydrogen) atoms. The van der Waals surface area contributed by atoms with Crippen LogP contribution < -0.4 is 4.74 Å². The first-order chi connectivity index (χ1) is 11.1. The molecule has 0 radical (unpaired) electrons. The van der Waals surface area contributed by atoms with Gasteiger partial charge in [-0.3, -0.25) is 4.98 Å². The Morgan fingerprint density at radius 3 is 2.52 bits per heavy atom. The molecule has 0 fully saturated rings. The molecule has 0 aliphatic rings. The first-order valence-corrected chi connectivity index (χ1v) is 7.75. The summed E-state index contributed by atoms with van der Waals surface area (Å²) in [5, 5.41) is 13.5. The molecule has 1 N–H and O–H groups in total. The molecule has 1 heterocycles. The van der Waals surface area contributed by atoms with Crippen LogP contribution in [0.5, 0.6) is 5.75 Å². The van der Waals surface area contributed by atoms with Gasteiger partial charge in [-0.25, -0.2) is 0 Å². The van der Waals surface area contributed by atoms with Crippen LogP contribution in [0.1, 0.15) is 31.0 Å². The van der Waals surface area contributed by atoms with Crippen molar-refractivity contribution in [2.45, 2.75) is 25.4 Å². The number of para-hydroxylation sites is 1. The summed E-state index contributed by atoms with van der Waals surface area (Å²) in [5.41, 5.74) is 0.563. The van der Waals surface area contributed by atoms with Crippen LogP contribution in [0.4, 0.5) is 0 Å². The number of ether oxygens (including phenoxy) is 1. The Morgan fingerprint density at radius 1 is 1.04 bits per heavy atom. The van der Waals surface area contributed by atoms with Crippen LogP contribution in [0, 0.1) is 0 Å². The Labute approximate surface area is 136 Å². The van der Waals surface area contributed by atoms with Crippen molar-refractivity contribution in [3.8, 4) is 5.75 Å². The normalized spacial score (nSPS) is 15.1. The van der Waals surface area contributed by atoms with E-state index >= 15 is 0 Å². The second kappa shape index (κ2) is 6.01. The lowest BCUT2D eigenvalue weighted by Gasteiger charge is -2.32. The van der Waals surface area contributed by atoms with E-state index in [1.54, 1.807) is 13.3 Å². The third-order valence-corrected chi connectivity index (χ3v) is 4.61. The number of aromatic nitrogens is 1. The van der Waals surface area contributed by atoms with E-state index in [1.165, 1.54) is 0 Å². The smallest absolute Gasteiger partial charge is 0.124 e. The molecule has 0 amide bonds. The number of benzene rings is 2. The van der Waals surface area contributed by atoms with Gasteiger partial charge in [-0.05, 0) is 24.4 Å². The van der Waals surface area contributed by atoms with Crippen LogP contribution in [0.2, 0.25) is 0 Å². The summed E-state index contributed by atoms with van der Waals surface area (Å²) < 4.78 is 5.42. The lowest BCUT2D eigenvalue weighted by Crippen LogP contribution is -2.29. The number of hydrogen-bond donors (Lipinski definition) is 1. The largest absolute Gasteiger partial charge is 0.496 e. The topological polar surface area (TPSA) is 42.4 Å². The quantitative estimate of drug-likeness (QED) is 0.783. The van der Waals surface area contributed by atoms with Gasteiger partial charge < -0.3 is 9.84 Å². The predicted octanol–water partition coefficient (Wildman–Crippen LogP) is 4.25. The molecular weight excluding hydrogens is 286 g/mol. The third-order valence-electron chi connectivity index (χ3n) is 4.61. The molecule has 3 rings (SSSR count). The van der Waals surface area contributed by atoms with Crippen LogP contribution in [0.25, 0.3) is 10.8 Å². The lowest BCUT2D eigenvalue weighted by atomic mass is 9.80. The molecule has 3 aromatic rings. The van der Waals surface area contributed by atoms with Crippen molar-refractivity contribution in [1.82, 2.24) is 4.98 Å². The maximum absolute atomic E-state index is 11.3. The van der Waals surface area contributed by atoms with E-state index in [4.69, 9.17) is 4.74 Å². The average molecular weight is 307 g/mol. The Balaban J connectivity index is 2.12. The van der Waals surface area contributed by atoms with Gasteiger partial charge in [0.15, 0.2) is 0 Å². The van der Waals surface area contributed by atoms with Gasteiger partial charge in [0.2, 0.25) is 0 Å². The molecular formula is C20H21NO2. The zero-order valence-electron chi connectivity index (χ0n) is 13.7. The van der Waals surface area contributed by atoms with E-state index in [0.717, 1.165) is 22.0 Å². The van der Waals surface area contributed by atoms with Crippen molar-refractivity contribution in [3.05, 3.63) is 72.1 Å². The Kier molecular flexibility index (Phi) is 4.05. The van der Waals surface area contributed by atoms with Gasteiger partial charge in [-0.2, -0.15) is 0 Å². The molecule has 0 saturated heterocycles. The number of pyridine rings is 1. The van der Waals surface area contributed by atoms with Crippen molar-refractivity contribution in [2.75, 3.05) is 7.11 Å². The first kappa shape index (κ1) is 15.5. The minimum absolute atomic E-state index is 0.190. The first-order valence-electron chi connectivity index (χ1n) is 7.75. The highest BCUT2D eigenvalue weighted by Gasteiger charge is 2.35. The maximum atomic E-state index is 11.3. The minimum Gasteiger partial charge on any atom is -0.496 e. The minimum atomic E-state index is -1.09. The average Bonchev–Trinajstić information content (AvgIpc) is 2.60. The maximum Gasteiger partial charge on any atom is 0.124 e. The zero-order chi connectivity index (χ0) is 16.4. The molecule has 0 saturated carbocycles. The van der Waals surface area contributed by atoms with Gasteiger partial charge in [-0.1, -0.05) is 49.4 Å². The lowest BCUT2D eigenvalue weighted by molar-refractivity contribution is 0.0292. The summed E-state index contributed by atoms with van der Waals surface area (Å²) in [6, 6.07) is 17.7. The molecule has 3 nitrogen and oxygen atoms in total. The van der Waals surface area contributed by atoms with Gasteiger partial charge in [0.05, 0.1) is 18.4 Å². The molecule has 2 atom stereocenters. The standard InChI is InChI=1S/C20H21NO2/c1-14(19-16-9-5-4-8-15(16)12-13-21-19)20(2,22)17-10-6-7-11-18(17)23-3/h4-14,22H,1-3H3/t14-,20+/m0/s1. The molecule has 0 bridgehead atoms. The molecule has 0 aliphatic heterocycles. The van der Waals surface area contributed by atoms with Crippen molar-refractivity contribution in [2.24, 2.45) is 0 Å². The summed E-state index contributed by atoms with van der Waals surface area (Å²) in [6.45, 7) is 3.82. The summed E-state index contributed by atoms with van der Waals surface area (Å²) >= 11 is 0. The Morgan fingerprint density at radius 2 is 1.74 bits per heavy atom. The second-order valence-electron chi connectivity index (χ2n) is 5.99. The van der Waals surface area contributed by atoms with Crippen LogP contribution >= 0.6 is 0 Å². The van der Waals surface area contributed by atoms with E-state index in [-0.39, 0.29) is 5.92 Å². The van der Waals surface area contributed by atoms with Gasteiger partial charge in [0, 0.05) is 23.1 Å². The molecule has 0 aliphatic carbocycles. The fourth-order valence-corrected chi connectivity index (χ4v) is 3.05. The highest BCUT2D eigenvalue weighted by atomic mass is 16.5. The number of aliphatic hydroxyl groups is 1. The van der Waals surface area contributed by atoms with Crippen molar-refractivity contribution >= 4 is 10.8 Å². The van der Waals surface area contributed by atoms with Crippen LogP contribution in [-0.4, -0.2) is 17.2 Å². The summed E-state index contributed by atoms with van der Waals surface area (Å²) in [7, 11) is 1.62. The van der Waals surface area contributed by atoms with Crippen LogP contribution in [0.3, 0.4) is 0 Å². The number of fused-ring (bicyclic) bond motifs is 1. The molecule has 2 aromatic carbocycles. The SMILES string of the molecule is COc1ccccc1[C@](C)(O)[C@@H](C)c1nccc2ccccc12. The Hall–Kier alpha value is -2.39. The predicted molar refractivity (Wildman–Crippen MR) is 92.7 cm³/mol. The van der Waals surface area contributed by atoms with E-state index in [9.17, 15) is 5.11 Å². The van der Waals surface area contributed by atoms with E-state index in [2.05, 4.69) is 11.1 Å². The highest BCUT2D eigenvalue weighted by molar-refractivity contribution is 5.84. The number of rotatable bonds is 4. The van der Waals surface area contributed by atoms with Crippen molar-refractivity contribution in [1.29, 1.82) is 0 Å². The summed E-state index contributed by atoms with van der Waals surface area (Å²) in [4.78, 5) is 4.55. The number of methoxy groups -OCH3 is 1. The highest BCUT2D eigenvalue weighted by Crippen LogP contribution is 2.41. The Bertz CT molecular complexity index is 821. The van der Waals surface area contributed by atoms with Crippen LogP contribution in [0.15, 0.2) is 60.8 Å². The fourth-order valence-electron chi connectivity index (χ4n) is 3.05. The molecule has 0 spiro atoms. The van der Waals surface area contributed by atoms with Crippen LogP contribution in [-0.2, 0) is 5.60 Å². The number of nitrogens with zero attached hydrogens (tertiary/aromatic N) is 1. The molecule has 118 valence electrons. The molecule has 1 aromatic heterocycles. The monoisotopic (exact) mass is 307 g/mol. The van der Waals surface area contributed by atoms with E-state index < -0.39 is 5.60 Å². The molecule has 0 unspecified atom stereocenters. The van der Waals surface area contributed by atoms with Gasteiger partial charge in [-0.15, -0.1) is 0 Å². The van der Waals surface area contributed by atoms with Crippen molar-refractivity contribution < 1.29 is 9.84 Å².